The van der Waals surface area contributed by atoms with E-state index in [2.05, 4.69) is 4.72 Å². The highest BCUT2D eigenvalue weighted by Gasteiger charge is 2.32. The largest absolute Gasteiger partial charge is 0.368 e. The number of nitrogens with one attached hydrogen (secondary N) is 1. The van der Waals surface area contributed by atoms with Crippen LogP contribution >= 0.6 is 0 Å². The lowest BCUT2D eigenvalue weighted by molar-refractivity contribution is -0.387. The summed E-state index contributed by atoms with van der Waals surface area (Å²) in [4.78, 5) is 21.5. The topological polar surface area (TPSA) is 132 Å². The lowest BCUT2D eigenvalue weighted by Gasteiger charge is -2.17. The third kappa shape index (κ3) is 3.58. The molecule has 2 rings (SSSR count). The molecule has 0 heterocycles. The summed E-state index contributed by atoms with van der Waals surface area (Å²) in [6.45, 7) is 1.43. The molecule has 126 valence electrons. The molecule has 8 nitrogen and oxygen atoms in total. The molecule has 1 atom stereocenters. The molecule has 24 heavy (non-hydrogen) atoms. The average Bonchev–Trinajstić information content (AvgIpc) is 2.52. The number of nitrogens with zero attached hydrogens (tertiary/aromatic N) is 1. The Morgan fingerprint density at radius 3 is 2.33 bits per heavy atom. The van der Waals surface area contributed by atoms with Crippen molar-refractivity contribution >= 4 is 21.6 Å². The number of nitro benzene ring substituents is 1. The van der Waals surface area contributed by atoms with Crippen molar-refractivity contribution in [1.29, 1.82) is 0 Å². The van der Waals surface area contributed by atoms with Gasteiger partial charge in [0.05, 0.1) is 4.92 Å². The van der Waals surface area contributed by atoms with E-state index in [1.54, 1.807) is 18.2 Å². The van der Waals surface area contributed by atoms with Crippen LogP contribution in [0.15, 0.2) is 53.4 Å². The van der Waals surface area contributed by atoms with Gasteiger partial charge < -0.3 is 5.73 Å². The first-order valence-electron chi connectivity index (χ1n) is 6.84. The molecule has 0 spiro atoms. The van der Waals surface area contributed by atoms with Crippen molar-refractivity contribution in [2.75, 3.05) is 0 Å². The van der Waals surface area contributed by atoms with Gasteiger partial charge in [0.2, 0.25) is 15.9 Å². The van der Waals surface area contributed by atoms with Gasteiger partial charge in [0.15, 0.2) is 4.90 Å². The zero-order valence-electron chi connectivity index (χ0n) is 12.7. The number of hydrogen-bond acceptors (Lipinski definition) is 5. The van der Waals surface area contributed by atoms with Crippen LogP contribution in [0.2, 0.25) is 0 Å². The van der Waals surface area contributed by atoms with E-state index in [4.69, 9.17) is 5.73 Å². The van der Waals surface area contributed by atoms with E-state index in [1.807, 2.05) is 0 Å². The first-order valence-corrected chi connectivity index (χ1v) is 8.33. The quantitative estimate of drug-likeness (QED) is 0.601. The Bertz CT molecular complexity index is 881. The number of benzene rings is 2. The second-order valence-corrected chi connectivity index (χ2v) is 6.70. The highest BCUT2D eigenvalue weighted by atomic mass is 32.2. The van der Waals surface area contributed by atoms with E-state index in [9.17, 15) is 23.3 Å². The molecule has 0 saturated carbocycles. The molecule has 2 aromatic rings. The highest BCUT2D eigenvalue weighted by molar-refractivity contribution is 7.89. The maximum absolute atomic E-state index is 12.6. The minimum Gasteiger partial charge on any atom is -0.368 e. The fourth-order valence-electron chi connectivity index (χ4n) is 2.28. The van der Waals surface area contributed by atoms with Crippen molar-refractivity contribution < 1.29 is 18.1 Å². The number of amides is 1. The number of aryl methyl sites for hydroxylation is 1. The maximum atomic E-state index is 12.6. The Morgan fingerprint density at radius 1 is 1.17 bits per heavy atom. The summed E-state index contributed by atoms with van der Waals surface area (Å²) < 4.78 is 27.4. The lowest BCUT2D eigenvalue weighted by Crippen LogP contribution is -2.37. The Hall–Kier alpha value is -2.78. The van der Waals surface area contributed by atoms with Crippen LogP contribution in [0.5, 0.6) is 0 Å². The predicted octanol–water partition coefficient (Wildman–Crippen LogP) is 1.41. The zero-order chi connectivity index (χ0) is 17.9. The normalized spacial score (nSPS) is 12.5. The minimum atomic E-state index is -4.35. The van der Waals surface area contributed by atoms with Crippen molar-refractivity contribution in [3.05, 3.63) is 69.8 Å². The van der Waals surface area contributed by atoms with Gasteiger partial charge in [0.1, 0.15) is 6.04 Å². The number of rotatable bonds is 6. The molecule has 0 radical (unpaired) electrons. The Balaban J connectivity index is 2.52. The van der Waals surface area contributed by atoms with Crippen LogP contribution in [-0.4, -0.2) is 19.2 Å². The smallest absolute Gasteiger partial charge is 0.289 e. The third-order valence-corrected chi connectivity index (χ3v) is 4.96. The summed E-state index contributed by atoms with van der Waals surface area (Å²) in [5.74, 6) is -0.916. The van der Waals surface area contributed by atoms with Gasteiger partial charge >= 0.3 is 0 Å². The second kappa shape index (κ2) is 6.77. The van der Waals surface area contributed by atoms with Crippen LogP contribution in [0.1, 0.15) is 17.2 Å². The predicted molar refractivity (Wildman–Crippen MR) is 86.5 cm³/mol. The average molecular weight is 349 g/mol. The Morgan fingerprint density at radius 2 is 1.79 bits per heavy atom. The minimum absolute atomic E-state index is 0.188. The van der Waals surface area contributed by atoms with Gasteiger partial charge in [-0.25, -0.2) is 8.42 Å². The molecule has 0 aliphatic carbocycles. The molecule has 0 unspecified atom stereocenters. The number of hydrogen-bond donors (Lipinski definition) is 2. The Labute approximate surface area is 138 Å². The summed E-state index contributed by atoms with van der Waals surface area (Å²) >= 11 is 0. The molecule has 0 aromatic heterocycles. The van der Waals surface area contributed by atoms with Gasteiger partial charge in [0, 0.05) is 6.07 Å². The molecule has 0 saturated heterocycles. The van der Waals surface area contributed by atoms with Crippen LogP contribution in [-0.2, 0) is 14.8 Å². The van der Waals surface area contributed by atoms with Crippen molar-refractivity contribution in [2.45, 2.75) is 17.9 Å². The number of nitrogens with two attached hydrogens (primary N) is 1. The standard InChI is InChI=1S/C15H15N3O5S/c1-10-6-5-9-12(18(20)21)14(10)24(22,23)17-13(15(16)19)11-7-3-2-4-8-11/h2-9,13,17H,1H3,(H2,16,19)/t13-/m1/s1. The second-order valence-electron chi connectivity index (χ2n) is 5.05. The van der Waals surface area contributed by atoms with E-state index < -0.39 is 37.5 Å². The van der Waals surface area contributed by atoms with Crippen LogP contribution in [0.25, 0.3) is 0 Å². The van der Waals surface area contributed by atoms with E-state index in [-0.39, 0.29) is 5.56 Å². The molecular weight excluding hydrogens is 334 g/mol. The number of primary amides is 1. The summed E-state index contributed by atoms with van der Waals surface area (Å²) in [5.41, 5.74) is 5.25. The molecule has 3 N–H and O–H groups in total. The first kappa shape index (κ1) is 17.6. The molecule has 2 aromatic carbocycles. The summed E-state index contributed by atoms with van der Waals surface area (Å²) in [6.07, 6.45) is 0. The summed E-state index contributed by atoms with van der Waals surface area (Å²) in [5, 5.41) is 11.1. The fourth-order valence-corrected chi connectivity index (χ4v) is 3.87. The van der Waals surface area contributed by atoms with Gasteiger partial charge in [0.25, 0.3) is 5.69 Å². The van der Waals surface area contributed by atoms with Gasteiger partial charge in [-0.3, -0.25) is 14.9 Å². The van der Waals surface area contributed by atoms with Crippen molar-refractivity contribution in [2.24, 2.45) is 5.73 Å². The number of carbonyl (C=O) groups excluding carboxylic acids is 1. The van der Waals surface area contributed by atoms with E-state index in [0.29, 0.717) is 5.56 Å². The fraction of sp³-hybridized carbons (Fsp3) is 0.133. The first-order chi connectivity index (χ1) is 11.2. The molecule has 1 amide bonds. The molecule has 9 heteroatoms. The van der Waals surface area contributed by atoms with Crippen LogP contribution in [0.3, 0.4) is 0 Å². The third-order valence-electron chi connectivity index (χ3n) is 3.35. The molecule has 0 bridgehead atoms. The van der Waals surface area contributed by atoms with Gasteiger partial charge in [-0.2, -0.15) is 4.72 Å². The van der Waals surface area contributed by atoms with Crippen LogP contribution in [0.4, 0.5) is 5.69 Å². The monoisotopic (exact) mass is 349 g/mol. The van der Waals surface area contributed by atoms with Crippen LogP contribution in [0, 0.1) is 17.0 Å². The summed E-state index contributed by atoms with van der Waals surface area (Å²) in [6, 6.07) is 10.6. The van der Waals surface area contributed by atoms with Crippen LogP contribution < -0.4 is 10.5 Å². The van der Waals surface area contributed by atoms with Crippen molar-refractivity contribution in [3.8, 4) is 0 Å². The van der Waals surface area contributed by atoms with E-state index in [1.165, 1.54) is 31.2 Å². The zero-order valence-corrected chi connectivity index (χ0v) is 13.5. The molecule has 0 fully saturated rings. The summed E-state index contributed by atoms with van der Waals surface area (Å²) in [7, 11) is -4.35. The van der Waals surface area contributed by atoms with E-state index in [0.717, 1.165) is 6.07 Å². The number of carbonyl (C=O) groups is 1. The molecule has 0 aliphatic rings. The van der Waals surface area contributed by atoms with Gasteiger partial charge in [-0.05, 0) is 18.1 Å². The van der Waals surface area contributed by atoms with Gasteiger partial charge in [-0.15, -0.1) is 0 Å². The highest BCUT2D eigenvalue weighted by Crippen LogP contribution is 2.28. The lowest BCUT2D eigenvalue weighted by atomic mass is 10.1. The van der Waals surface area contributed by atoms with Crippen molar-refractivity contribution in [3.63, 3.8) is 0 Å². The van der Waals surface area contributed by atoms with Crippen molar-refractivity contribution in [1.82, 2.24) is 4.72 Å². The van der Waals surface area contributed by atoms with E-state index >= 15 is 0 Å². The molecule has 0 aliphatic heterocycles. The number of nitro groups is 1. The number of sulfonamides is 1. The maximum Gasteiger partial charge on any atom is 0.289 e. The van der Waals surface area contributed by atoms with Gasteiger partial charge in [-0.1, -0.05) is 42.5 Å². The molecular formula is C15H15N3O5S. The Kier molecular flexibility index (Phi) is 4.96. The SMILES string of the molecule is Cc1cccc([N+](=O)[O-])c1S(=O)(=O)N[C@@H](C(N)=O)c1ccccc1.